The third-order valence-corrected chi connectivity index (χ3v) is 4.29. The number of benzene rings is 1. The summed E-state index contributed by atoms with van der Waals surface area (Å²) in [5.41, 5.74) is 2.99. The molecule has 24 heavy (non-hydrogen) atoms. The Balaban J connectivity index is 1.52. The molecule has 1 heterocycles. The van der Waals surface area contributed by atoms with Gasteiger partial charge in [0.05, 0.1) is 12.1 Å². The molecule has 1 fully saturated rings. The summed E-state index contributed by atoms with van der Waals surface area (Å²) in [6, 6.07) is 7.55. The first-order valence-electron chi connectivity index (χ1n) is 8.21. The maximum Gasteiger partial charge on any atom is 0.315 e. The second kappa shape index (κ2) is 7.40. The molecule has 6 heteroatoms. The summed E-state index contributed by atoms with van der Waals surface area (Å²) in [6.07, 6.45) is 6.71. The minimum atomic E-state index is -0.432. The van der Waals surface area contributed by atoms with Crippen molar-refractivity contribution in [2.75, 3.05) is 6.54 Å². The van der Waals surface area contributed by atoms with Gasteiger partial charge >= 0.3 is 6.03 Å². The molecular formula is C18H22N4O2. The highest BCUT2D eigenvalue weighted by Gasteiger charge is 2.29. The van der Waals surface area contributed by atoms with Crippen LogP contribution in [-0.2, 0) is 0 Å². The van der Waals surface area contributed by atoms with Crippen LogP contribution < -0.4 is 10.6 Å². The van der Waals surface area contributed by atoms with E-state index in [2.05, 4.69) is 20.6 Å². The van der Waals surface area contributed by atoms with Crippen molar-refractivity contribution in [1.29, 1.82) is 0 Å². The minimum Gasteiger partial charge on any atom is -0.391 e. The Bertz CT molecular complexity index is 671. The second-order valence-corrected chi connectivity index (χ2v) is 6.23. The monoisotopic (exact) mass is 326 g/mol. The number of urea groups is 1. The lowest BCUT2D eigenvalue weighted by Gasteiger charge is -2.17. The van der Waals surface area contributed by atoms with Crippen LogP contribution in [0.2, 0.25) is 0 Å². The molecule has 1 aromatic carbocycles. The van der Waals surface area contributed by atoms with Gasteiger partial charge in [-0.3, -0.25) is 0 Å². The van der Waals surface area contributed by atoms with Crippen LogP contribution in [0.25, 0.3) is 11.1 Å². The highest BCUT2D eigenvalue weighted by Crippen LogP contribution is 2.32. The Morgan fingerprint density at radius 3 is 2.50 bits per heavy atom. The van der Waals surface area contributed by atoms with Gasteiger partial charge in [0.2, 0.25) is 0 Å². The van der Waals surface area contributed by atoms with E-state index in [4.69, 9.17) is 0 Å². The number of carbonyl (C=O) groups excluding carboxylic acids is 1. The van der Waals surface area contributed by atoms with Crippen molar-refractivity contribution in [3.8, 4) is 11.1 Å². The minimum absolute atomic E-state index is 0.121. The number of aliphatic hydroxyl groups is 1. The molecule has 0 bridgehead atoms. The maximum absolute atomic E-state index is 11.9. The normalized spacial score (nSPS) is 16.2. The van der Waals surface area contributed by atoms with Crippen molar-refractivity contribution in [2.45, 2.75) is 31.9 Å². The van der Waals surface area contributed by atoms with E-state index in [-0.39, 0.29) is 12.1 Å². The number of hydrogen-bond donors (Lipinski definition) is 3. The van der Waals surface area contributed by atoms with Gasteiger partial charge in [-0.1, -0.05) is 24.3 Å². The highest BCUT2D eigenvalue weighted by atomic mass is 16.3. The number of amides is 2. The summed E-state index contributed by atoms with van der Waals surface area (Å²) in [5.74, 6) is 0.359. The number of nitrogens with one attached hydrogen (secondary N) is 2. The fraction of sp³-hybridized carbons (Fsp3) is 0.389. The van der Waals surface area contributed by atoms with E-state index in [1.807, 2.05) is 31.2 Å². The maximum atomic E-state index is 11.9. The average molecular weight is 326 g/mol. The largest absolute Gasteiger partial charge is 0.391 e. The van der Waals surface area contributed by atoms with Crippen molar-refractivity contribution in [1.82, 2.24) is 20.6 Å². The zero-order valence-corrected chi connectivity index (χ0v) is 13.6. The Morgan fingerprint density at radius 1 is 1.21 bits per heavy atom. The molecule has 2 amide bonds. The summed E-state index contributed by atoms with van der Waals surface area (Å²) in [4.78, 5) is 19.9. The van der Waals surface area contributed by atoms with E-state index < -0.39 is 6.10 Å². The molecule has 3 N–H and O–H groups in total. The van der Waals surface area contributed by atoms with Crippen LogP contribution in [-0.4, -0.2) is 33.8 Å². The van der Waals surface area contributed by atoms with E-state index in [1.165, 1.54) is 6.33 Å². The van der Waals surface area contributed by atoms with Crippen molar-refractivity contribution in [2.24, 2.45) is 5.92 Å². The van der Waals surface area contributed by atoms with E-state index in [0.717, 1.165) is 29.5 Å². The van der Waals surface area contributed by atoms with Crippen molar-refractivity contribution >= 4 is 6.03 Å². The van der Waals surface area contributed by atoms with Crippen LogP contribution >= 0.6 is 0 Å². The van der Waals surface area contributed by atoms with Gasteiger partial charge in [-0.05, 0) is 36.8 Å². The summed E-state index contributed by atoms with van der Waals surface area (Å²) in [6.45, 7) is 2.23. The van der Waals surface area contributed by atoms with Gasteiger partial charge in [0.1, 0.15) is 6.33 Å². The molecule has 1 aliphatic carbocycles. The zero-order chi connectivity index (χ0) is 16.9. The van der Waals surface area contributed by atoms with Gasteiger partial charge < -0.3 is 15.7 Å². The lowest BCUT2D eigenvalue weighted by molar-refractivity contribution is 0.149. The first-order valence-corrected chi connectivity index (χ1v) is 8.21. The predicted octanol–water partition coefficient (Wildman–Crippen LogP) is 2.27. The van der Waals surface area contributed by atoms with Crippen LogP contribution in [0, 0.1) is 5.92 Å². The third kappa shape index (κ3) is 4.29. The van der Waals surface area contributed by atoms with E-state index in [0.29, 0.717) is 12.5 Å². The molecule has 0 aliphatic heterocycles. The molecule has 0 unspecified atom stereocenters. The molecule has 3 rings (SSSR count). The first-order chi connectivity index (χ1) is 11.6. The summed E-state index contributed by atoms with van der Waals surface area (Å²) in [5, 5.41) is 15.4. The molecule has 126 valence electrons. The van der Waals surface area contributed by atoms with Gasteiger partial charge in [0.15, 0.2) is 0 Å². The number of rotatable bonds is 6. The van der Waals surface area contributed by atoms with Gasteiger partial charge in [-0.2, -0.15) is 0 Å². The SMILES string of the molecule is C[C@@H](NC(=O)NC[C@H](O)C1CC1)c1ccc(-c2cncnc2)cc1. The number of hydrogen-bond acceptors (Lipinski definition) is 4. The number of aromatic nitrogens is 2. The number of aliphatic hydroxyl groups excluding tert-OH is 1. The van der Waals surface area contributed by atoms with Crippen molar-refractivity contribution in [3.05, 3.63) is 48.5 Å². The predicted molar refractivity (Wildman–Crippen MR) is 91.1 cm³/mol. The Hall–Kier alpha value is -2.47. The fourth-order valence-electron chi connectivity index (χ4n) is 2.59. The summed E-state index contributed by atoms with van der Waals surface area (Å²) in [7, 11) is 0. The molecule has 1 aromatic heterocycles. The molecule has 6 nitrogen and oxygen atoms in total. The second-order valence-electron chi connectivity index (χ2n) is 6.23. The van der Waals surface area contributed by atoms with Crippen LogP contribution in [0.15, 0.2) is 43.0 Å². The molecule has 2 aromatic rings. The van der Waals surface area contributed by atoms with Crippen LogP contribution in [0.5, 0.6) is 0 Å². The first kappa shape index (κ1) is 16.4. The zero-order valence-electron chi connectivity index (χ0n) is 13.6. The van der Waals surface area contributed by atoms with Crippen molar-refractivity contribution in [3.63, 3.8) is 0 Å². The number of nitrogens with zero attached hydrogens (tertiary/aromatic N) is 2. The Morgan fingerprint density at radius 2 is 1.88 bits per heavy atom. The Labute approximate surface area is 141 Å². The van der Waals surface area contributed by atoms with Gasteiger partial charge in [0.25, 0.3) is 0 Å². The van der Waals surface area contributed by atoms with Crippen LogP contribution in [0.4, 0.5) is 4.79 Å². The number of carbonyl (C=O) groups is 1. The van der Waals surface area contributed by atoms with Gasteiger partial charge in [-0.15, -0.1) is 0 Å². The quantitative estimate of drug-likeness (QED) is 0.760. The molecule has 1 saturated carbocycles. The molecule has 0 saturated heterocycles. The lowest BCUT2D eigenvalue weighted by atomic mass is 10.0. The molecule has 0 radical (unpaired) electrons. The van der Waals surface area contributed by atoms with E-state index in [1.54, 1.807) is 12.4 Å². The third-order valence-electron chi connectivity index (χ3n) is 4.29. The molecule has 2 atom stereocenters. The standard InChI is InChI=1S/C18H22N4O2/c1-12(22-18(24)21-10-17(23)15-6-7-15)13-2-4-14(5-3-13)16-8-19-11-20-9-16/h2-5,8-9,11-12,15,17,23H,6-7,10H2,1H3,(H2,21,22,24)/t12-,17+/m1/s1. The summed E-state index contributed by atoms with van der Waals surface area (Å²) < 4.78 is 0. The van der Waals surface area contributed by atoms with Crippen LogP contribution in [0.3, 0.4) is 0 Å². The highest BCUT2D eigenvalue weighted by molar-refractivity contribution is 5.74. The van der Waals surface area contributed by atoms with Crippen LogP contribution in [0.1, 0.15) is 31.4 Å². The molecule has 1 aliphatic rings. The van der Waals surface area contributed by atoms with Gasteiger partial charge in [0, 0.05) is 24.5 Å². The van der Waals surface area contributed by atoms with Crippen molar-refractivity contribution < 1.29 is 9.90 Å². The summed E-state index contributed by atoms with van der Waals surface area (Å²) >= 11 is 0. The average Bonchev–Trinajstić information content (AvgIpc) is 3.46. The molecule has 0 spiro atoms. The molecular weight excluding hydrogens is 304 g/mol. The Kier molecular flexibility index (Phi) is 5.05. The van der Waals surface area contributed by atoms with E-state index in [9.17, 15) is 9.90 Å². The topological polar surface area (TPSA) is 87.1 Å². The van der Waals surface area contributed by atoms with E-state index >= 15 is 0 Å². The lowest BCUT2D eigenvalue weighted by Crippen LogP contribution is -2.41. The van der Waals surface area contributed by atoms with Gasteiger partial charge in [-0.25, -0.2) is 14.8 Å². The fourth-order valence-corrected chi connectivity index (χ4v) is 2.59. The smallest absolute Gasteiger partial charge is 0.315 e.